The van der Waals surface area contributed by atoms with E-state index in [9.17, 15) is 33.0 Å². The van der Waals surface area contributed by atoms with Crippen molar-refractivity contribution < 1.29 is 51.4 Å². The second-order valence-corrected chi connectivity index (χ2v) is 12.0. The lowest BCUT2D eigenvalue weighted by Gasteiger charge is -2.25. The van der Waals surface area contributed by atoms with Crippen molar-refractivity contribution >= 4 is 28.1 Å². The minimum atomic E-state index is -3.62. The fourth-order valence-electron chi connectivity index (χ4n) is 3.06. The summed E-state index contributed by atoms with van der Waals surface area (Å²) in [6.07, 6.45) is -0.494. The average Bonchev–Trinajstić information content (AvgIpc) is 2.67. The van der Waals surface area contributed by atoms with Gasteiger partial charge in [-0.25, -0.2) is 9.59 Å². The molecule has 0 saturated heterocycles. The van der Waals surface area contributed by atoms with Gasteiger partial charge in [0.2, 0.25) is 0 Å². The third kappa shape index (κ3) is 13.7. The van der Waals surface area contributed by atoms with Gasteiger partial charge in [-0.1, -0.05) is 6.07 Å². The maximum absolute atomic E-state index is 12.0. The predicted octanol–water partition coefficient (Wildman–Crippen LogP) is 2.83. The molecule has 0 aliphatic heterocycles. The summed E-state index contributed by atoms with van der Waals surface area (Å²) in [5.74, 6) is -3.22. The van der Waals surface area contributed by atoms with Gasteiger partial charge in [-0.15, -0.1) is 0 Å². The first-order chi connectivity index (χ1) is 16.8. The maximum atomic E-state index is 12.0. The molecule has 1 aromatic rings. The van der Waals surface area contributed by atoms with Crippen LogP contribution in [0.15, 0.2) is 18.2 Å². The lowest BCUT2D eigenvalue weighted by atomic mass is 9.92. The third-order valence-electron chi connectivity index (χ3n) is 4.40. The van der Waals surface area contributed by atoms with E-state index in [2.05, 4.69) is 9.50 Å². The normalized spacial score (nSPS) is 13.8. The Balaban J connectivity index is 3.08. The van der Waals surface area contributed by atoms with Crippen molar-refractivity contribution in [3.05, 3.63) is 23.8 Å². The number of alkyl carbamates (subject to hydrolysis) is 1. The molecule has 0 bridgehead atoms. The molecule has 0 fully saturated rings. The number of nitrogens with one attached hydrogen (secondary N) is 1. The van der Waals surface area contributed by atoms with Crippen molar-refractivity contribution in [3.63, 3.8) is 0 Å². The minimum absolute atomic E-state index is 0.0624. The number of amides is 1. The Bertz CT molecular complexity index is 1060. The van der Waals surface area contributed by atoms with Crippen LogP contribution >= 0.6 is 0 Å². The molecule has 37 heavy (non-hydrogen) atoms. The van der Waals surface area contributed by atoms with Crippen LogP contribution in [0.1, 0.15) is 53.5 Å². The number of benzene rings is 1. The van der Waals surface area contributed by atoms with Gasteiger partial charge in [0.15, 0.2) is 11.5 Å². The van der Waals surface area contributed by atoms with E-state index in [1.54, 1.807) is 59.7 Å². The highest BCUT2D eigenvalue weighted by atomic mass is 32.2. The van der Waals surface area contributed by atoms with Crippen LogP contribution in [0.5, 0.6) is 11.5 Å². The number of rotatable bonds is 13. The van der Waals surface area contributed by atoms with E-state index in [0.29, 0.717) is 5.56 Å². The molecule has 1 aromatic carbocycles. The molecular formula is C24H37NO11S. The van der Waals surface area contributed by atoms with E-state index in [0.717, 1.165) is 6.26 Å². The smallest absolute Gasteiger partial charge is 0.408 e. The van der Waals surface area contributed by atoms with Gasteiger partial charge in [0.05, 0.1) is 12.2 Å². The Kier molecular flexibility index (Phi) is 11.2. The quantitative estimate of drug-likeness (QED) is 0.245. The third-order valence-corrected chi connectivity index (χ3v) is 5.00. The number of carboxylic acids is 2. The van der Waals surface area contributed by atoms with Crippen molar-refractivity contribution in [1.29, 1.82) is 0 Å². The van der Waals surface area contributed by atoms with Gasteiger partial charge in [0, 0.05) is 0 Å². The molecule has 13 heteroatoms. The van der Waals surface area contributed by atoms with Crippen molar-refractivity contribution in [1.82, 2.24) is 5.32 Å². The number of hydrogen-bond acceptors (Lipinski definition) is 9. The Hall–Kier alpha value is -3.06. The molecule has 0 unspecified atom stereocenters. The molecule has 0 spiro atoms. The molecule has 3 N–H and O–H groups in total. The van der Waals surface area contributed by atoms with Gasteiger partial charge in [-0.05, 0) is 72.1 Å². The largest absolute Gasteiger partial charge is 0.487 e. The number of hydrogen-bond donors (Lipinski definition) is 3. The van der Waals surface area contributed by atoms with E-state index < -0.39 is 51.3 Å². The lowest BCUT2D eigenvalue weighted by Crippen LogP contribution is -2.45. The van der Waals surface area contributed by atoms with Gasteiger partial charge in [-0.2, -0.15) is 8.42 Å². The molecule has 0 heterocycles. The molecular weight excluding hydrogens is 510 g/mol. The fraction of sp³-hybridized carbons (Fsp3) is 0.625. The summed E-state index contributed by atoms with van der Waals surface area (Å²) >= 11 is 0. The average molecular weight is 548 g/mol. The van der Waals surface area contributed by atoms with Gasteiger partial charge in [-0.3, -0.25) is 8.98 Å². The van der Waals surface area contributed by atoms with Gasteiger partial charge >= 0.3 is 18.0 Å². The monoisotopic (exact) mass is 547 g/mol. The topological polar surface area (TPSA) is 175 Å². The van der Waals surface area contributed by atoms with Crippen LogP contribution in [0.2, 0.25) is 0 Å². The molecule has 1 amide bonds. The molecule has 1 rings (SSSR count). The number of aliphatic carboxylic acids is 2. The highest BCUT2D eigenvalue weighted by Gasteiger charge is 2.30. The lowest BCUT2D eigenvalue weighted by molar-refractivity contribution is -0.144. The highest BCUT2D eigenvalue weighted by Crippen LogP contribution is 2.32. The first-order valence-electron chi connectivity index (χ1n) is 11.5. The van der Waals surface area contributed by atoms with Crippen molar-refractivity contribution in [2.24, 2.45) is 5.92 Å². The van der Waals surface area contributed by atoms with Crippen molar-refractivity contribution in [3.8, 4) is 11.5 Å². The zero-order chi connectivity index (χ0) is 28.6. The van der Waals surface area contributed by atoms with Crippen LogP contribution < -0.4 is 14.8 Å². The number of ether oxygens (including phenoxy) is 3. The second-order valence-electron chi connectivity index (χ2n) is 10.4. The SMILES string of the molecule is CC(C)(C)OC(=O)N[C@H](C[C@H](Cc1ccc(OCCOS(C)(=O)=O)c(OC(C)(C)C)c1)C(=O)O)C(=O)O. The summed E-state index contributed by atoms with van der Waals surface area (Å²) in [4.78, 5) is 35.7. The summed E-state index contributed by atoms with van der Waals surface area (Å²) in [5, 5.41) is 21.5. The first kappa shape index (κ1) is 32.0. The number of carbonyl (C=O) groups is 3. The zero-order valence-electron chi connectivity index (χ0n) is 22.2. The molecule has 210 valence electrons. The summed E-state index contributed by atoms with van der Waals surface area (Å²) in [6.45, 7) is 9.96. The van der Waals surface area contributed by atoms with Crippen LogP contribution in [0.3, 0.4) is 0 Å². The van der Waals surface area contributed by atoms with Crippen molar-refractivity contribution in [2.75, 3.05) is 19.5 Å². The van der Waals surface area contributed by atoms with Crippen LogP contribution in [0, 0.1) is 5.92 Å². The van der Waals surface area contributed by atoms with E-state index >= 15 is 0 Å². The Labute approximate surface area is 217 Å². The Morgan fingerprint density at radius 1 is 0.946 bits per heavy atom. The predicted molar refractivity (Wildman–Crippen MR) is 133 cm³/mol. The molecule has 0 saturated carbocycles. The number of carboxylic acid groups (broad SMARTS) is 2. The summed E-state index contributed by atoms with van der Waals surface area (Å²) in [7, 11) is -3.62. The molecule has 0 aliphatic carbocycles. The molecule has 0 aliphatic rings. The maximum Gasteiger partial charge on any atom is 0.408 e. The zero-order valence-corrected chi connectivity index (χ0v) is 23.0. The van der Waals surface area contributed by atoms with E-state index in [1.807, 2.05) is 0 Å². The molecule has 0 aromatic heterocycles. The van der Waals surface area contributed by atoms with E-state index in [-0.39, 0.29) is 37.6 Å². The van der Waals surface area contributed by atoms with Crippen LogP contribution in [0.4, 0.5) is 4.79 Å². The molecule has 12 nitrogen and oxygen atoms in total. The number of carbonyl (C=O) groups excluding carboxylic acids is 1. The van der Waals surface area contributed by atoms with Crippen LogP contribution in [0.25, 0.3) is 0 Å². The minimum Gasteiger partial charge on any atom is -0.487 e. The molecule has 0 radical (unpaired) electrons. The fourth-order valence-corrected chi connectivity index (χ4v) is 3.43. The van der Waals surface area contributed by atoms with Crippen LogP contribution in [-0.4, -0.2) is 73.4 Å². The van der Waals surface area contributed by atoms with E-state index in [4.69, 9.17) is 14.2 Å². The van der Waals surface area contributed by atoms with Gasteiger partial charge in [0.1, 0.15) is 30.5 Å². The first-order valence-corrected chi connectivity index (χ1v) is 13.3. The Morgan fingerprint density at radius 2 is 1.57 bits per heavy atom. The van der Waals surface area contributed by atoms with E-state index in [1.165, 1.54) is 0 Å². The van der Waals surface area contributed by atoms with Gasteiger partial charge in [0.25, 0.3) is 10.1 Å². The Morgan fingerprint density at radius 3 is 2.05 bits per heavy atom. The summed E-state index contributed by atoms with van der Waals surface area (Å²) in [5.41, 5.74) is -0.977. The van der Waals surface area contributed by atoms with Crippen molar-refractivity contribution in [2.45, 2.75) is 71.6 Å². The molecule has 2 atom stereocenters. The summed E-state index contributed by atoms with van der Waals surface area (Å²) in [6, 6.07) is 3.22. The van der Waals surface area contributed by atoms with Crippen LogP contribution in [-0.2, 0) is 35.0 Å². The van der Waals surface area contributed by atoms with Gasteiger partial charge < -0.3 is 29.7 Å². The standard InChI is InChI=1S/C24H37NO11S/c1-23(2,3)35-19-13-15(8-9-18(19)33-10-11-34-37(7,31)32)12-16(20(26)27)14-17(21(28)29)25-22(30)36-24(4,5)6/h8-9,13,16-17H,10-12,14H2,1-7H3,(H,25,30)(H,26,27)(H,28,29)/t16-,17+/m0/s1. The highest BCUT2D eigenvalue weighted by molar-refractivity contribution is 7.85. The second kappa shape index (κ2) is 13.0. The summed E-state index contributed by atoms with van der Waals surface area (Å²) < 4.78 is 43.5.